The molecule has 1 aliphatic carbocycles. The third-order valence-electron chi connectivity index (χ3n) is 4.48. The fraction of sp³-hybridized carbons (Fsp3) is 0.625. The summed E-state index contributed by atoms with van der Waals surface area (Å²) in [6.45, 7) is 2.87. The molecular formula is C16H24N2O3. The molecule has 0 heterocycles. The van der Waals surface area contributed by atoms with E-state index in [9.17, 15) is 10.1 Å². The smallest absolute Gasteiger partial charge is 0.270 e. The number of hydrogen-bond donors (Lipinski definition) is 1. The van der Waals surface area contributed by atoms with E-state index in [1.165, 1.54) is 38.2 Å². The molecule has 5 heteroatoms. The van der Waals surface area contributed by atoms with Crippen molar-refractivity contribution in [1.29, 1.82) is 0 Å². The summed E-state index contributed by atoms with van der Waals surface area (Å²) in [6.07, 6.45) is 6.21. The van der Waals surface area contributed by atoms with Gasteiger partial charge in [0.05, 0.1) is 12.0 Å². The molecule has 0 bridgehead atoms. The minimum atomic E-state index is -0.366. The van der Waals surface area contributed by atoms with Crippen LogP contribution in [0.15, 0.2) is 18.2 Å². The fourth-order valence-electron chi connectivity index (χ4n) is 3.05. The largest absolute Gasteiger partial charge is 0.496 e. The van der Waals surface area contributed by atoms with Crippen LogP contribution in [0.1, 0.15) is 44.6 Å². The molecule has 2 rings (SSSR count). The van der Waals surface area contributed by atoms with E-state index in [4.69, 9.17) is 4.74 Å². The van der Waals surface area contributed by atoms with Gasteiger partial charge in [-0.05, 0) is 37.7 Å². The van der Waals surface area contributed by atoms with E-state index in [-0.39, 0.29) is 10.6 Å². The van der Waals surface area contributed by atoms with E-state index in [0.29, 0.717) is 18.3 Å². The number of hydrogen-bond acceptors (Lipinski definition) is 4. The van der Waals surface area contributed by atoms with Crippen LogP contribution in [0.4, 0.5) is 5.69 Å². The van der Waals surface area contributed by atoms with Crippen molar-refractivity contribution in [3.05, 3.63) is 33.9 Å². The Morgan fingerprint density at radius 1 is 1.33 bits per heavy atom. The van der Waals surface area contributed by atoms with Crippen LogP contribution < -0.4 is 10.1 Å². The maximum absolute atomic E-state index is 10.9. The van der Waals surface area contributed by atoms with Crippen LogP contribution >= 0.6 is 0 Å². The summed E-state index contributed by atoms with van der Waals surface area (Å²) in [7, 11) is 1.59. The third kappa shape index (κ3) is 4.17. The van der Waals surface area contributed by atoms with Crippen molar-refractivity contribution in [1.82, 2.24) is 5.32 Å². The topological polar surface area (TPSA) is 64.4 Å². The Bertz CT molecular complexity index is 482. The predicted molar refractivity (Wildman–Crippen MR) is 82.5 cm³/mol. The number of nitrogens with zero attached hydrogens (tertiary/aromatic N) is 1. The number of nitro groups is 1. The summed E-state index contributed by atoms with van der Waals surface area (Å²) >= 11 is 0. The molecule has 116 valence electrons. The molecule has 1 aromatic carbocycles. The highest BCUT2D eigenvalue weighted by Gasteiger charge is 2.20. The fourth-order valence-corrected chi connectivity index (χ4v) is 3.05. The molecular weight excluding hydrogens is 268 g/mol. The van der Waals surface area contributed by atoms with Gasteiger partial charge in [-0.1, -0.05) is 13.3 Å². The normalized spacial score (nSPS) is 22.0. The molecule has 5 nitrogen and oxygen atoms in total. The van der Waals surface area contributed by atoms with Gasteiger partial charge >= 0.3 is 0 Å². The Kier molecular flexibility index (Phi) is 5.56. The maximum Gasteiger partial charge on any atom is 0.270 e. The van der Waals surface area contributed by atoms with Gasteiger partial charge in [0.2, 0.25) is 0 Å². The van der Waals surface area contributed by atoms with Gasteiger partial charge in [-0.3, -0.25) is 10.1 Å². The maximum atomic E-state index is 10.9. The summed E-state index contributed by atoms with van der Waals surface area (Å²) in [5, 5.41) is 14.4. The minimum absolute atomic E-state index is 0.113. The first-order valence-electron chi connectivity index (χ1n) is 7.68. The van der Waals surface area contributed by atoms with Crippen LogP contribution in [0.25, 0.3) is 0 Å². The molecule has 1 aromatic rings. The van der Waals surface area contributed by atoms with Crippen molar-refractivity contribution < 1.29 is 9.66 Å². The van der Waals surface area contributed by atoms with Gasteiger partial charge in [0.15, 0.2) is 0 Å². The standard InChI is InChI=1S/C16H24N2O3/c1-3-12-4-6-14(7-5-12)17-11-13-10-15(18(19)20)8-9-16(13)21-2/h8-10,12,14,17H,3-7,11H2,1-2H3. The summed E-state index contributed by atoms with van der Waals surface area (Å²) in [4.78, 5) is 10.5. The summed E-state index contributed by atoms with van der Waals surface area (Å²) in [6, 6.07) is 5.26. The van der Waals surface area contributed by atoms with Gasteiger partial charge in [-0.15, -0.1) is 0 Å². The first-order valence-corrected chi connectivity index (χ1v) is 7.68. The quantitative estimate of drug-likeness (QED) is 0.642. The van der Waals surface area contributed by atoms with Crippen LogP contribution in [0.5, 0.6) is 5.75 Å². The number of methoxy groups -OCH3 is 1. The van der Waals surface area contributed by atoms with E-state index in [0.717, 1.165) is 11.5 Å². The predicted octanol–water partition coefficient (Wildman–Crippen LogP) is 3.66. The Hall–Kier alpha value is -1.62. The SMILES string of the molecule is CCC1CCC(NCc2cc([N+](=O)[O-])ccc2OC)CC1. The molecule has 21 heavy (non-hydrogen) atoms. The molecule has 1 fully saturated rings. The lowest BCUT2D eigenvalue weighted by Gasteiger charge is -2.28. The zero-order valence-corrected chi connectivity index (χ0v) is 12.8. The molecule has 0 unspecified atom stereocenters. The summed E-state index contributed by atoms with van der Waals surface area (Å²) in [5.74, 6) is 1.57. The van der Waals surface area contributed by atoms with E-state index < -0.39 is 0 Å². The molecule has 0 aliphatic heterocycles. The number of benzene rings is 1. The first-order chi connectivity index (χ1) is 10.1. The Balaban J connectivity index is 1.96. The van der Waals surface area contributed by atoms with Gasteiger partial charge in [0.25, 0.3) is 5.69 Å². The second-order valence-corrected chi connectivity index (χ2v) is 5.76. The number of nitrogens with one attached hydrogen (secondary N) is 1. The molecule has 0 radical (unpaired) electrons. The van der Waals surface area contributed by atoms with Crippen molar-refractivity contribution in [3.63, 3.8) is 0 Å². The van der Waals surface area contributed by atoms with Gasteiger partial charge in [-0.2, -0.15) is 0 Å². The van der Waals surface area contributed by atoms with Crippen molar-refractivity contribution in [2.75, 3.05) is 7.11 Å². The zero-order chi connectivity index (χ0) is 15.2. The molecule has 1 saturated carbocycles. The van der Waals surface area contributed by atoms with E-state index >= 15 is 0 Å². The highest BCUT2D eigenvalue weighted by Crippen LogP contribution is 2.28. The number of nitro benzene ring substituents is 1. The average molecular weight is 292 g/mol. The van der Waals surface area contributed by atoms with Crippen LogP contribution in [-0.4, -0.2) is 18.1 Å². The number of rotatable bonds is 6. The lowest BCUT2D eigenvalue weighted by molar-refractivity contribution is -0.384. The van der Waals surface area contributed by atoms with Gasteiger partial charge < -0.3 is 10.1 Å². The molecule has 0 atom stereocenters. The monoisotopic (exact) mass is 292 g/mol. The Morgan fingerprint density at radius 3 is 2.62 bits per heavy atom. The Labute approximate surface area is 125 Å². The number of ether oxygens (including phenoxy) is 1. The number of non-ortho nitro benzene ring substituents is 1. The highest BCUT2D eigenvalue weighted by atomic mass is 16.6. The highest BCUT2D eigenvalue weighted by molar-refractivity contribution is 5.43. The van der Waals surface area contributed by atoms with Gasteiger partial charge in [0, 0.05) is 30.3 Å². The summed E-state index contributed by atoms with van der Waals surface area (Å²) in [5.41, 5.74) is 0.964. The lowest BCUT2D eigenvalue weighted by Crippen LogP contribution is -2.32. The van der Waals surface area contributed by atoms with Crippen molar-refractivity contribution in [2.24, 2.45) is 5.92 Å². The Morgan fingerprint density at radius 2 is 2.05 bits per heavy atom. The second kappa shape index (κ2) is 7.41. The second-order valence-electron chi connectivity index (χ2n) is 5.76. The van der Waals surface area contributed by atoms with Crippen molar-refractivity contribution in [3.8, 4) is 5.75 Å². The van der Waals surface area contributed by atoms with Crippen LogP contribution in [0.2, 0.25) is 0 Å². The van der Waals surface area contributed by atoms with Crippen molar-refractivity contribution in [2.45, 2.75) is 51.6 Å². The zero-order valence-electron chi connectivity index (χ0n) is 12.8. The molecule has 0 amide bonds. The van der Waals surface area contributed by atoms with E-state index in [1.54, 1.807) is 19.2 Å². The lowest BCUT2D eigenvalue weighted by atomic mass is 9.84. The van der Waals surface area contributed by atoms with E-state index in [1.807, 2.05) is 0 Å². The molecule has 1 N–H and O–H groups in total. The third-order valence-corrected chi connectivity index (χ3v) is 4.48. The van der Waals surface area contributed by atoms with Crippen LogP contribution in [-0.2, 0) is 6.54 Å². The van der Waals surface area contributed by atoms with Crippen LogP contribution in [0.3, 0.4) is 0 Å². The van der Waals surface area contributed by atoms with E-state index in [2.05, 4.69) is 12.2 Å². The molecule has 0 spiro atoms. The van der Waals surface area contributed by atoms with Crippen LogP contribution in [0, 0.1) is 16.0 Å². The average Bonchev–Trinajstić information content (AvgIpc) is 2.53. The molecule has 0 saturated heterocycles. The molecule has 1 aliphatic rings. The first kappa shape index (κ1) is 15.8. The van der Waals surface area contributed by atoms with Gasteiger partial charge in [-0.25, -0.2) is 0 Å². The molecule has 0 aromatic heterocycles. The van der Waals surface area contributed by atoms with Gasteiger partial charge in [0.1, 0.15) is 5.75 Å². The summed E-state index contributed by atoms with van der Waals surface area (Å²) < 4.78 is 5.29. The van der Waals surface area contributed by atoms with Crippen molar-refractivity contribution >= 4 is 5.69 Å². The minimum Gasteiger partial charge on any atom is -0.496 e.